The van der Waals surface area contributed by atoms with Crippen LogP contribution in [-0.2, 0) is 25.7 Å². The van der Waals surface area contributed by atoms with Gasteiger partial charge in [0.2, 0.25) is 6.79 Å². The summed E-state index contributed by atoms with van der Waals surface area (Å²) in [6.45, 7) is 0.988. The van der Waals surface area contributed by atoms with E-state index in [2.05, 4.69) is 4.84 Å². The minimum Gasteiger partial charge on any atom is -0.490 e. The molecule has 0 unspecified atom stereocenters. The van der Waals surface area contributed by atoms with Crippen LogP contribution >= 0.6 is 34.8 Å². The Balaban J connectivity index is 1.14. The average molecular weight is 825 g/mol. The number of carbonyl (C=O) groups is 2. The monoisotopic (exact) mass is 823 g/mol. The third kappa shape index (κ3) is 10.7. The highest BCUT2D eigenvalue weighted by Gasteiger charge is 2.38. The molecule has 14 nitrogen and oxygen atoms in total. The quantitative estimate of drug-likeness (QED) is 0.0719. The highest BCUT2D eigenvalue weighted by molar-refractivity contribution is 6.37. The van der Waals surface area contributed by atoms with Gasteiger partial charge in [0, 0.05) is 48.8 Å². The molecule has 1 fully saturated rings. The van der Waals surface area contributed by atoms with Crippen molar-refractivity contribution in [2.45, 2.75) is 38.3 Å². The smallest absolute Gasteiger partial charge is 0.410 e. The Bertz CT molecular complexity index is 1890. The van der Waals surface area contributed by atoms with Crippen LogP contribution < -0.4 is 18.9 Å². The van der Waals surface area contributed by atoms with E-state index in [1.54, 1.807) is 29.2 Å². The summed E-state index contributed by atoms with van der Waals surface area (Å²) in [7, 11) is 0. The van der Waals surface area contributed by atoms with Gasteiger partial charge in [-0.25, -0.2) is 9.18 Å². The van der Waals surface area contributed by atoms with Crippen LogP contribution in [0, 0.1) is 15.9 Å². The van der Waals surface area contributed by atoms with Crippen molar-refractivity contribution in [2.75, 3.05) is 59.5 Å². The summed E-state index contributed by atoms with van der Waals surface area (Å²) in [6.07, 6.45) is 1.83. The normalized spacial score (nSPS) is 14.8. The fourth-order valence-corrected chi connectivity index (χ4v) is 6.81. The predicted molar refractivity (Wildman–Crippen MR) is 198 cm³/mol. The lowest BCUT2D eigenvalue weighted by molar-refractivity contribution is -0.758. The SMILES string of the molecule is O=C(OCCCOCCO[N+](=O)[O-])N1CCC(c2ccc(OCCOc3c(Cl)cc(F)cc3Cl)cc2)=C(C(=O)N(Cc2cc3c(cc2Cl)OCO3)C2CC2)C1. The molecule has 0 spiro atoms. The number of amides is 2. The zero-order valence-corrected chi connectivity index (χ0v) is 31.7. The molecule has 0 N–H and O–H groups in total. The van der Waals surface area contributed by atoms with Gasteiger partial charge in [0.05, 0.1) is 29.8 Å². The first-order chi connectivity index (χ1) is 26.6. The zero-order chi connectivity index (χ0) is 38.9. The number of fused-ring (bicyclic) bond motifs is 1. The maximum Gasteiger partial charge on any atom is 0.410 e. The minimum atomic E-state index is -0.895. The van der Waals surface area contributed by atoms with Crippen LogP contribution in [0.2, 0.25) is 15.1 Å². The zero-order valence-electron chi connectivity index (χ0n) is 29.4. The molecule has 2 heterocycles. The Morgan fingerprint density at radius 1 is 0.909 bits per heavy atom. The van der Waals surface area contributed by atoms with Gasteiger partial charge in [0.15, 0.2) is 17.2 Å². The molecule has 18 heteroatoms. The van der Waals surface area contributed by atoms with Crippen LogP contribution in [0.3, 0.4) is 0 Å². The maximum atomic E-state index is 14.6. The molecule has 2 amide bonds. The largest absolute Gasteiger partial charge is 0.490 e. The van der Waals surface area contributed by atoms with E-state index >= 15 is 0 Å². The fraction of sp³-hybridized carbons (Fsp3) is 0.405. The van der Waals surface area contributed by atoms with Crippen molar-refractivity contribution in [2.24, 2.45) is 0 Å². The molecule has 0 atom stereocenters. The number of ether oxygens (including phenoxy) is 6. The number of rotatable bonds is 18. The molecule has 55 heavy (non-hydrogen) atoms. The van der Waals surface area contributed by atoms with E-state index in [9.17, 15) is 24.1 Å². The van der Waals surface area contributed by atoms with Gasteiger partial charge < -0.3 is 43.1 Å². The third-order valence-corrected chi connectivity index (χ3v) is 9.75. The highest BCUT2D eigenvalue weighted by Crippen LogP contribution is 2.40. The molecular weight excluding hydrogens is 788 g/mol. The summed E-state index contributed by atoms with van der Waals surface area (Å²) in [6, 6.07) is 13.0. The lowest BCUT2D eigenvalue weighted by Gasteiger charge is -2.33. The van der Waals surface area contributed by atoms with Crippen LogP contribution in [0.25, 0.3) is 5.57 Å². The van der Waals surface area contributed by atoms with E-state index in [0.29, 0.717) is 52.8 Å². The molecule has 6 rings (SSSR count). The van der Waals surface area contributed by atoms with Crippen molar-refractivity contribution in [3.05, 3.63) is 96.2 Å². The van der Waals surface area contributed by atoms with Gasteiger partial charge in [-0.05, 0) is 66.3 Å². The van der Waals surface area contributed by atoms with Crippen molar-refractivity contribution in [3.8, 4) is 23.0 Å². The second kappa shape index (κ2) is 18.8. The fourth-order valence-electron chi connectivity index (χ4n) is 6.03. The molecule has 1 aliphatic carbocycles. The summed E-state index contributed by atoms with van der Waals surface area (Å²) >= 11 is 18.7. The van der Waals surface area contributed by atoms with E-state index in [0.717, 1.165) is 36.1 Å². The minimum absolute atomic E-state index is 0.00140. The molecule has 0 radical (unpaired) electrons. The number of hydrogen-bond acceptors (Lipinski definition) is 11. The van der Waals surface area contributed by atoms with Gasteiger partial charge in [-0.2, -0.15) is 0 Å². The Hall–Kier alpha value is -4.70. The second-order valence-corrected chi connectivity index (χ2v) is 13.9. The van der Waals surface area contributed by atoms with Crippen molar-refractivity contribution in [1.29, 1.82) is 0 Å². The van der Waals surface area contributed by atoms with Crippen LogP contribution in [0.15, 0.2) is 54.1 Å². The topological polar surface area (TPSA) is 148 Å². The average Bonchev–Trinajstić information content (AvgIpc) is 3.91. The summed E-state index contributed by atoms with van der Waals surface area (Å²) in [5.41, 5.74) is 2.75. The summed E-state index contributed by atoms with van der Waals surface area (Å²) in [5, 5.41) is 9.91. The standard InChI is InChI=1S/C37H37Cl3FN3O11/c38-30-19-34-33(53-22-54-34)16-24(30)20-43(26-4-5-26)36(45)29-21-42(37(46)52-11-1-10-49-12-15-55-44(47)48)9-8-28(29)23-2-6-27(7-3-23)50-13-14-51-35-31(39)17-25(41)18-32(35)40/h2-3,6-7,16-19,26H,1,4-5,8-15,20-22H2. The molecule has 3 aliphatic rings. The molecular formula is C37H37Cl3FN3O11. The molecule has 3 aromatic rings. The summed E-state index contributed by atoms with van der Waals surface area (Å²) < 4.78 is 46.8. The van der Waals surface area contributed by atoms with Crippen LogP contribution in [0.1, 0.15) is 36.8 Å². The predicted octanol–water partition coefficient (Wildman–Crippen LogP) is 7.37. The number of benzene rings is 3. The summed E-state index contributed by atoms with van der Waals surface area (Å²) in [4.78, 5) is 45.5. The van der Waals surface area contributed by atoms with Crippen molar-refractivity contribution in [3.63, 3.8) is 0 Å². The van der Waals surface area contributed by atoms with Gasteiger partial charge in [0.25, 0.3) is 11.0 Å². The lowest BCUT2D eigenvalue weighted by atomic mass is 9.92. The summed E-state index contributed by atoms with van der Waals surface area (Å²) in [5.74, 6) is 1.02. The number of carbonyl (C=O) groups excluding carboxylic acids is 2. The van der Waals surface area contributed by atoms with Crippen LogP contribution in [0.4, 0.5) is 9.18 Å². The first-order valence-corrected chi connectivity index (χ1v) is 18.6. The van der Waals surface area contributed by atoms with Crippen molar-refractivity contribution in [1.82, 2.24) is 9.80 Å². The molecule has 0 aromatic heterocycles. The van der Waals surface area contributed by atoms with E-state index < -0.39 is 17.0 Å². The molecule has 1 saturated carbocycles. The Kier molecular flexibility index (Phi) is 13.6. The van der Waals surface area contributed by atoms with Crippen molar-refractivity contribution < 1.29 is 52.3 Å². The maximum absolute atomic E-state index is 14.6. The van der Waals surface area contributed by atoms with Gasteiger partial charge in [-0.3, -0.25) is 4.79 Å². The lowest BCUT2D eigenvalue weighted by Crippen LogP contribution is -2.43. The van der Waals surface area contributed by atoms with E-state index in [1.807, 2.05) is 12.1 Å². The van der Waals surface area contributed by atoms with Gasteiger partial charge >= 0.3 is 6.09 Å². The van der Waals surface area contributed by atoms with Gasteiger partial charge in [-0.15, -0.1) is 10.1 Å². The molecule has 0 bridgehead atoms. The first-order valence-electron chi connectivity index (χ1n) is 17.5. The van der Waals surface area contributed by atoms with Crippen LogP contribution in [-0.4, -0.2) is 92.5 Å². The Morgan fingerprint density at radius 2 is 1.62 bits per heavy atom. The second-order valence-electron chi connectivity index (χ2n) is 12.6. The third-order valence-electron chi connectivity index (χ3n) is 8.84. The van der Waals surface area contributed by atoms with Gasteiger partial charge in [0.1, 0.15) is 31.4 Å². The number of hydrogen-bond donors (Lipinski definition) is 0. The number of nitrogens with zero attached hydrogens (tertiary/aromatic N) is 3. The highest BCUT2D eigenvalue weighted by atomic mass is 35.5. The van der Waals surface area contributed by atoms with Crippen molar-refractivity contribution >= 4 is 52.4 Å². The molecule has 3 aromatic carbocycles. The Labute approximate surface area is 330 Å². The molecule has 0 saturated heterocycles. The van der Waals surface area contributed by atoms with E-state index in [4.69, 9.17) is 63.2 Å². The van der Waals surface area contributed by atoms with Gasteiger partial charge in [-0.1, -0.05) is 46.9 Å². The molecule has 294 valence electrons. The number of halogens is 4. The molecule has 2 aliphatic heterocycles. The van der Waals surface area contributed by atoms with E-state index in [-0.39, 0.29) is 87.3 Å². The van der Waals surface area contributed by atoms with E-state index in [1.165, 1.54) is 4.90 Å². The van der Waals surface area contributed by atoms with Crippen LogP contribution in [0.5, 0.6) is 23.0 Å². The Morgan fingerprint density at radius 3 is 2.33 bits per heavy atom. The first kappa shape index (κ1) is 40.0.